The number of rotatable bonds is 5. The highest BCUT2D eigenvalue weighted by Crippen LogP contribution is 2.21. The average Bonchev–Trinajstić information content (AvgIpc) is 2.19. The molecule has 1 atom stereocenters. The van der Waals surface area contributed by atoms with E-state index in [1.807, 2.05) is 13.8 Å². The van der Waals surface area contributed by atoms with Gasteiger partial charge in [0.15, 0.2) is 9.84 Å². The van der Waals surface area contributed by atoms with E-state index in [1.165, 1.54) is 0 Å². The number of sulfone groups is 1. The van der Waals surface area contributed by atoms with Crippen LogP contribution < -0.4 is 5.73 Å². The van der Waals surface area contributed by atoms with Crippen LogP contribution in [0.5, 0.6) is 0 Å². The number of aryl methyl sites for hydroxylation is 1. The first-order valence-electron chi connectivity index (χ1n) is 6.31. The van der Waals surface area contributed by atoms with Crippen molar-refractivity contribution in [3.63, 3.8) is 0 Å². The van der Waals surface area contributed by atoms with Gasteiger partial charge in [-0.2, -0.15) is 0 Å². The standard InChI is InChI=1S/C14H23NO2S/c1-10(2)7-11(3)9-18(16,17)13-5-6-14(15)12(4)8-13/h5-6,8,10-11H,7,9,15H2,1-4H3. The topological polar surface area (TPSA) is 60.2 Å². The Morgan fingerprint density at radius 2 is 1.83 bits per heavy atom. The Morgan fingerprint density at radius 3 is 2.33 bits per heavy atom. The first-order chi connectivity index (χ1) is 8.22. The molecule has 0 amide bonds. The van der Waals surface area contributed by atoms with Crippen molar-refractivity contribution in [2.24, 2.45) is 11.8 Å². The number of hydrogen-bond acceptors (Lipinski definition) is 3. The van der Waals surface area contributed by atoms with Crippen LogP contribution >= 0.6 is 0 Å². The Morgan fingerprint density at radius 1 is 1.22 bits per heavy atom. The van der Waals surface area contributed by atoms with Gasteiger partial charge in [0.2, 0.25) is 0 Å². The van der Waals surface area contributed by atoms with E-state index >= 15 is 0 Å². The third-order valence-corrected chi connectivity index (χ3v) is 4.96. The van der Waals surface area contributed by atoms with E-state index in [1.54, 1.807) is 18.2 Å². The summed E-state index contributed by atoms with van der Waals surface area (Å²) in [6.07, 6.45) is 0.924. The molecule has 1 aromatic carbocycles. The van der Waals surface area contributed by atoms with Gasteiger partial charge in [-0.3, -0.25) is 0 Å². The van der Waals surface area contributed by atoms with Crippen LogP contribution in [0.2, 0.25) is 0 Å². The lowest BCUT2D eigenvalue weighted by molar-refractivity contribution is 0.465. The fourth-order valence-electron chi connectivity index (χ4n) is 2.19. The van der Waals surface area contributed by atoms with Crippen molar-refractivity contribution in [2.45, 2.75) is 39.0 Å². The molecule has 4 heteroatoms. The summed E-state index contributed by atoms with van der Waals surface area (Å²) in [4.78, 5) is 0.379. The van der Waals surface area contributed by atoms with Crippen LogP contribution in [0.25, 0.3) is 0 Å². The van der Waals surface area contributed by atoms with Crippen molar-refractivity contribution in [3.05, 3.63) is 23.8 Å². The summed E-state index contributed by atoms with van der Waals surface area (Å²) in [6, 6.07) is 4.92. The van der Waals surface area contributed by atoms with Gasteiger partial charge < -0.3 is 5.73 Å². The van der Waals surface area contributed by atoms with Gasteiger partial charge in [0.05, 0.1) is 10.6 Å². The predicted octanol–water partition coefficient (Wildman–Crippen LogP) is 3.03. The fourth-order valence-corrected chi connectivity index (χ4v) is 3.89. The van der Waals surface area contributed by atoms with E-state index in [-0.39, 0.29) is 11.7 Å². The third kappa shape index (κ3) is 4.02. The second-order valence-electron chi connectivity index (χ2n) is 5.53. The Balaban J connectivity index is 2.89. The van der Waals surface area contributed by atoms with E-state index in [0.717, 1.165) is 12.0 Å². The fraction of sp³-hybridized carbons (Fsp3) is 0.571. The summed E-state index contributed by atoms with van der Waals surface area (Å²) in [6.45, 7) is 8.03. The molecule has 1 rings (SSSR count). The summed E-state index contributed by atoms with van der Waals surface area (Å²) in [5.41, 5.74) is 7.15. The predicted molar refractivity (Wildman–Crippen MR) is 76.3 cm³/mol. The van der Waals surface area contributed by atoms with Gasteiger partial charge >= 0.3 is 0 Å². The Hall–Kier alpha value is -1.03. The second-order valence-corrected chi connectivity index (χ2v) is 7.57. The van der Waals surface area contributed by atoms with Gasteiger partial charge in [0, 0.05) is 5.69 Å². The average molecular weight is 269 g/mol. The molecule has 0 aliphatic rings. The van der Waals surface area contributed by atoms with Crippen molar-refractivity contribution >= 4 is 15.5 Å². The van der Waals surface area contributed by atoms with Crippen LogP contribution in [-0.2, 0) is 9.84 Å². The van der Waals surface area contributed by atoms with Gasteiger partial charge in [-0.05, 0) is 48.9 Å². The Kier molecular flexibility index (Phi) is 4.79. The number of benzene rings is 1. The SMILES string of the molecule is Cc1cc(S(=O)(=O)CC(C)CC(C)C)ccc1N. The lowest BCUT2D eigenvalue weighted by Gasteiger charge is -2.14. The van der Waals surface area contributed by atoms with Gasteiger partial charge in [-0.1, -0.05) is 20.8 Å². The van der Waals surface area contributed by atoms with Crippen LogP contribution in [0.15, 0.2) is 23.1 Å². The van der Waals surface area contributed by atoms with E-state index in [9.17, 15) is 8.42 Å². The van der Waals surface area contributed by atoms with E-state index in [2.05, 4.69) is 13.8 Å². The monoisotopic (exact) mass is 269 g/mol. The molecule has 0 aliphatic heterocycles. The summed E-state index contributed by atoms with van der Waals surface area (Å²) in [5.74, 6) is 0.894. The normalized spacial score (nSPS) is 13.8. The molecule has 18 heavy (non-hydrogen) atoms. The number of nitrogens with two attached hydrogens (primary N) is 1. The molecule has 1 unspecified atom stereocenters. The second kappa shape index (κ2) is 5.74. The van der Waals surface area contributed by atoms with Crippen LogP contribution in [0.3, 0.4) is 0 Å². The zero-order valence-corrected chi connectivity index (χ0v) is 12.4. The molecule has 0 fully saturated rings. The van der Waals surface area contributed by atoms with Crippen molar-refractivity contribution in [3.8, 4) is 0 Å². The number of hydrogen-bond donors (Lipinski definition) is 1. The molecular weight excluding hydrogens is 246 g/mol. The van der Waals surface area contributed by atoms with Gasteiger partial charge in [0.25, 0.3) is 0 Å². The van der Waals surface area contributed by atoms with Crippen molar-refractivity contribution in [1.29, 1.82) is 0 Å². The quantitative estimate of drug-likeness (QED) is 0.836. The van der Waals surface area contributed by atoms with Crippen molar-refractivity contribution < 1.29 is 8.42 Å². The zero-order valence-electron chi connectivity index (χ0n) is 11.6. The molecule has 0 aliphatic carbocycles. The van der Waals surface area contributed by atoms with E-state index in [0.29, 0.717) is 16.5 Å². The van der Waals surface area contributed by atoms with Crippen LogP contribution in [0.1, 0.15) is 32.8 Å². The van der Waals surface area contributed by atoms with Crippen LogP contribution in [-0.4, -0.2) is 14.2 Å². The molecule has 1 aromatic rings. The van der Waals surface area contributed by atoms with Gasteiger partial charge in [0.1, 0.15) is 0 Å². The first-order valence-corrected chi connectivity index (χ1v) is 7.96. The highest BCUT2D eigenvalue weighted by Gasteiger charge is 2.19. The van der Waals surface area contributed by atoms with E-state index in [4.69, 9.17) is 5.73 Å². The molecular formula is C14H23NO2S. The lowest BCUT2D eigenvalue weighted by Crippen LogP contribution is -2.16. The maximum absolute atomic E-state index is 12.2. The van der Waals surface area contributed by atoms with Crippen molar-refractivity contribution in [1.82, 2.24) is 0 Å². The minimum absolute atomic E-state index is 0.174. The minimum Gasteiger partial charge on any atom is -0.399 e. The maximum atomic E-state index is 12.2. The highest BCUT2D eigenvalue weighted by atomic mass is 32.2. The van der Waals surface area contributed by atoms with Crippen molar-refractivity contribution in [2.75, 3.05) is 11.5 Å². The van der Waals surface area contributed by atoms with Crippen LogP contribution in [0, 0.1) is 18.8 Å². The molecule has 3 nitrogen and oxygen atoms in total. The molecule has 0 heterocycles. The third-order valence-electron chi connectivity index (χ3n) is 2.98. The summed E-state index contributed by atoms with van der Waals surface area (Å²) in [7, 11) is -3.20. The molecule has 0 saturated heterocycles. The molecule has 0 saturated carbocycles. The Bertz CT molecular complexity index is 507. The molecule has 102 valence electrons. The summed E-state index contributed by atoms with van der Waals surface area (Å²) in [5, 5.41) is 0. The summed E-state index contributed by atoms with van der Waals surface area (Å²) < 4.78 is 24.5. The molecule has 0 aromatic heterocycles. The molecule has 0 bridgehead atoms. The largest absolute Gasteiger partial charge is 0.399 e. The zero-order chi connectivity index (χ0) is 13.9. The first kappa shape index (κ1) is 15.0. The number of anilines is 1. The Labute approximate surface area is 110 Å². The summed E-state index contributed by atoms with van der Waals surface area (Å²) >= 11 is 0. The molecule has 0 spiro atoms. The lowest BCUT2D eigenvalue weighted by atomic mass is 10.0. The molecule has 2 N–H and O–H groups in total. The van der Waals surface area contributed by atoms with Gasteiger partial charge in [-0.25, -0.2) is 8.42 Å². The number of nitrogen functional groups attached to an aromatic ring is 1. The smallest absolute Gasteiger partial charge is 0.178 e. The maximum Gasteiger partial charge on any atom is 0.178 e. The van der Waals surface area contributed by atoms with Gasteiger partial charge in [-0.15, -0.1) is 0 Å². The minimum atomic E-state index is -3.20. The van der Waals surface area contributed by atoms with E-state index < -0.39 is 9.84 Å². The van der Waals surface area contributed by atoms with Crippen LogP contribution in [0.4, 0.5) is 5.69 Å². The molecule has 0 radical (unpaired) electrons. The highest BCUT2D eigenvalue weighted by molar-refractivity contribution is 7.91.